The Morgan fingerprint density at radius 1 is 1.47 bits per heavy atom. The molecule has 0 aliphatic rings. The van der Waals surface area contributed by atoms with E-state index < -0.39 is 22.4 Å². The van der Waals surface area contributed by atoms with E-state index in [2.05, 4.69) is 14.9 Å². The van der Waals surface area contributed by atoms with Gasteiger partial charge < -0.3 is 5.11 Å². The molecule has 0 aliphatic carbocycles. The number of H-pyrrole nitrogens is 1. The summed E-state index contributed by atoms with van der Waals surface area (Å²) < 4.78 is 39.5. The highest BCUT2D eigenvalue weighted by atomic mass is 32.2. The summed E-state index contributed by atoms with van der Waals surface area (Å²) in [6.45, 7) is 1.19. The normalized spacial score (nSPS) is 11.5. The highest BCUT2D eigenvalue weighted by molar-refractivity contribution is 7.92. The predicted octanol–water partition coefficient (Wildman–Crippen LogP) is 1.15. The second-order valence-electron chi connectivity index (χ2n) is 3.95. The van der Waals surface area contributed by atoms with Crippen LogP contribution in [0, 0.1) is 12.7 Å². The third-order valence-electron chi connectivity index (χ3n) is 2.56. The molecule has 1 aromatic carbocycles. The summed E-state index contributed by atoms with van der Waals surface area (Å²) in [6.07, 6.45) is 1.22. The first-order valence-corrected chi connectivity index (χ1v) is 6.84. The molecule has 0 bridgehead atoms. The average Bonchev–Trinajstić information content (AvgIpc) is 2.82. The van der Waals surface area contributed by atoms with Crippen molar-refractivity contribution in [3.63, 3.8) is 0 Å². The summed E-state index contributed by atoms with van der Waals surface area (Å²) in [5.41, 5.74) is 0.857. The van der Waals surface area contributed by atoms with Crippen LogP contribution in [0.2, 0.25) is 0 Å². The lowest BCUT2D eigenvalue weighted by Crippen LogP contribution is -2.16. The van der Waals surface area contributed by atoms with Crippen molar-refractivity contribution < 1.29 is 17.9 Å². The lowest BCUT2D eigenvalue weighted by atomic mass is 10.2. The first-order chi connectivity index (χ1) is 8.94. The first kappa shape index (κ1) is 13.5. The molecule has 2 rings (SSSR count). The number of aliphatic hydroxyl groups is 1. The Bertz CT molecular complexity index is 697. The monoisotopic (exact) mass is 285 g/mol. The maximum absolute atomic E-state index is 13.1. The van der Waals surface area contributed by atoms with E-state index in [1.54, 1.807) is 6.92 Å². The molecule has 6 nitrogen and oxygen atoms in total. The predicted molar refractivity (Wildman–Crippen MR) is 66.5 cm³/mol. The lowest BCUT2D eigenvalue weighted by molar-refractivity contribution is 0.278. The van der Waals surface area contributed by atoms with Crippen LogP contribution >= 0.6 is 0 Å². The second kappa shape index (κ2) is 4.98. The summed E-state index contributed by atoms with van der Waals surface area (Å²) >= 11 is 0. The van der Waals surface area contributed by atoms with Gasteiger partial charge in [-0.05, 0) is 24.6 Å². The molecule has 3 N–H and O–H groups in total. The highest BCUT2D eigenvalue weighted by Gasteiger charge is 2.21. The molecule has 0 atom stereocenters. The molecule has 19 heavy (non-hydrogen) atoms. The Morgan fingerprint density at radius 3 is 2.89 bits per heavy atom. The molecule has 0 aliphatic heterocycles. The fraction of sp³-hybridized carbons (Fsp3) is 0.182. The molecule has 0 fully saturated rings. The molecule has 1 heterocycles. The van der Waals surface area contributed by atoms with Gasteiger partial charge in [0.15, 0.2) is 5.03 Å². The van der Waals surface area contributed by atoms with E-state index in [0.717, 1.165) is 6.07 Å². The van der Waals surface area contributed by atoms with E-state index in [-0.39, 0.29) is 16.3 Å². The third kappa shape index (κ3) is 2.74. The second-order valence-corrected chi connectivity index (χ2v) is 5.57. The molecule has 0 saturated heterocycles. The average molecular weight is 285 g/mol. The minimum absolute atomic E-state index is 0.137. The maximum atomic E-state index is 13.1. The molecular formula is C11H12FN3O3S. The zero-order valence-electron chi connectivity index (χ0n) is 10.0. The summed E-state index contributed by atoms with van der Waals surface area (Å²) in [5, 5.41) is 14.6. The number of aryl methyl sites for hydroxylation is 1. The largest absolute Gasteiger partial charge is 0.392 e. The number of hydrogen-bond donors (Lipinski definition) is 3. The summed E-state index contributed by atoms with van der Waals surface area (Å²) in [4.78, 5) is 0. The van der Waals surface area contributed by atoms with Crippen molar-refractivity contribution in [3.8, 4) is 0 Å². The van der Waals surface area contributed by atoms with Crippen molar-refractivity contribution in [2.75, 3.05) is 4.72 Å². The Labute approximate surface area is 109 Å². The molecule has 102 valence electrons. The van der Waals surface area contributed by atoms with E-state index in [1.165, 1.54) is 18.3 Å². The molecule has 1 aromatic heterocycles. The van der Waals surface area contributed by atoms with Gasteiger partial charge in [0.25, 0.3) is 10.0 Å². The van der Waals surface area contributed by atoms with Gasteiger partial charge in [-0.1, -0.05) is 6.07 Å². The number of anilines is 1. The van der Waals surface area contributed by atoms with Crippen molar-refractivity contribution in [3.05, 3.63) is 41.3 Å². The van der Waals surface area contributed by atoms with Crippen molar-refractivity contribution in [2.24, 2.45) is 0 Å². The van der Waals surface area contributed by atoms with Gasteiger partial charge in [-0.2, -0.15) is 13.5 Å². The number of aromatic nitrogens is 2. The quantitative estimate of drug-likeness (QED) is 0.785. The highest BCUT2D eigenvalue weighted by Crippen LogP contribution is 2.21. The van der Waals surface area contributed by atoms with Crippen LogP contribution in [-0.2, 0) is 16.6 Å². The number of sulfonamides is 1. The van der Waals surface area contributed by atoms with E-state index >= 15 is 0 Å². The number of nitrogens with one attached hydrogen (secondary N) is 2. The lowest BCUT2D eigenvalue weighted by Gasteiger charge is -2.10. The van der Waals surface area contributed by atoms with Crippen LogP contribution in [0.4, 0.5) is 10.1 Å². The number of nitrogens with zero attached hydrogens (tertiary/aromatic N) is 1. The van der Waals surface area contributed by atoms with Crippen LogP contribution < -0.4 is 4.72 Å². The summed E-state index contributed by atoms with van der Waals surface area (Å²) in [5.74, 6) is -0.546. The number of hydrogen-bond acceptors (Lipinski definition) is 4. The van der Waals surface area contributed by atoms with Gasteiger partial charge in [0, 0.05) is 5.56 Å². The SMILES string of the molecule is Cc1ccc(F)cc1NS(=O)(=O)c1[nH]ncc1CO. The van der Waals surface area contributed by atoms with Crippen molar-refractivity contribution in [1.29, 1.82) is 0 Å². The topological polar surface area (TPSA) is 95.1 Å². The molecule has 0 spiro atoms. The van der Waals surface area contributed by atoms with Crippen LogP contribution in [0.25, 0.3) is 0 Å². The third-order valence-corrected chi connectivity index (χ3v) is 3.94. The fourth-order valence-corrected chi connectivity index (χ4v) is 2.79. The Morgan fingerprint density at radius 2 is 2.21 bits per heavy atom. The van der Waals surface area contributed by atoms with Crippen molar-refractivity contribution >= 4 is 15.7 Å². The minimum Gasteiger partial charge on any atom is -0.392 e. The Hall–Kier alpha value is -1.93. The van der Waals surface area contributed by atoms with Crippen molar-refractivity contribution in [2.45, 2.75) is 18.6 Å². The molecule has 8 heteroatoms. The van der Waals surface area contributed by atoms with Crippen LogP contribution in [0.15, 0.2) is 29.4 Å². The summed E-state index contributed by atoms with van der Waals surface area (Å²) in [7, 11) is -3.95. The van der Waals surface area contributed by atoms with Gasteiger partial charge in [0.05, 0.1) is 18.5 Å². The van der Waals surface area contributed by atoms with E-state index in [1.807, 2.05) is 0 Å². The molecule has 0 radical (unpaired) electrons. The minimum atomic E-state index is -3.95. The van der Waals surface area contributed by atoms with E-state index in [9.17, 15) is 12.8 Å². The molecule has 0 unspecified atom stereocenters. The smallest absolute Gasteiger partial charge is 0.279 e. The zero-order valence-corrected chi connectivity index (χ0v) is 10.8. The number of aromatic amines is 1. The number of halogens is 1. The van der Waals surface area contributed by atoms with Crippen molar-refractivity contribution in [1.82, 2.24) is 10.2 Å². The van der Waals surface area contributed by atoms with Gasteiger partial charge in [-0.3, -0.25) is 9.82 Å². The Kier molecular flexibility index (Phi) is 3.54. The number of rotatable bonds is 4. The van der Waals surface area contributed by atoms with Gasteiger partial charge >= 0.3 is 0 Å². The van der Waals surface area contributed by atoms with Gasteiger partial charge in [0.1, 0.15) is 5.82 Å². The fourth-order valence-electron chi connectivity index (χ4n) is 1.54. The molecular weight excluding hydrogens is 273 g/mol. The first-order valence-electron chi connectivity index (χ1n) is 5.36. The maximum Gasteiger partial charge on any atom is 0.279 e. The van der Waals surface area contributed by atoms with E-state index in [0.29, 0.717) is 5.56 Å². The van der Waals surface area contributed by atoms with Crippen LogP contribution in [0.5, 0.6) is 0 Å². The van der Waals surface area contributed by atoms with Gasteiger partial charge in [-0.15, -0.1) is 0 Å². The number of aliphatic hydroxyl groups excluding tert-OH is 1. The zero-order chi connectivity index (χ0) is 14.0. The van der Waals surface area contributed by atoms with Crippen LogP contribution in [0.1, 0.15) is 11.1 Å². The molecule has 0 amide bonds. The van der Waals surface area contributed by atoms with E-state index in [4.69, 9.17) is 5.11 Å². The number of benzene rings is 1. The van der Waals surface area contributed by atoms with Gasteiger partial charge in [0.2, 0.25) is 0 Å². The van der Waals surface area contributed by atoms with Crippen LogP contribution in [-0.4, -0.2) is 23.7 Å². The standard InChI is InChI=1S/C11H12FN3O3S/c1-7-2-3-9(12)4-10(7)15-19(17,18)11-8(6-16)5-13-14-11/h2-5,15-16H,6H2,1H3,(H,13,14). The molecule has 2 aromatic rings. The molecule has 0 saturated carbocycles. The van der Waals surface area contributed by atoms with Crippen LogP contribution in [0.3, 0.4) is 0 Å². The van der Waals surface area contributed by atoms with Gasteiger partial charge in [-0.25, -0.2) is 4.39 Å². The Balaban J connectivity index is 2.39. The summed E-state index contributed by atoms with van der Waals surface area (Å²) in [6, 6.07) is 3.79.